The van der Waals surface area contributed by atoms with Crippen molar-refractivity contribution in [2.75, 3.05) is 5.73 Å². The third-order valence-corrected chi connectivity index (χ3v) is 6.97. The molecule has 1 aliphatic rings. The summed E-state index contributed by atoms with van der Waals surface area (Å²) in [6, 6.07) is 4.93. The van der Waals surface area contributed by atoms with E-state index in [1.165, 1.54) is 0 Å². The number of nitrogens with one attached hydrogen (secondary N) is 1. The van der Waals surface area contributed by atoms with Crippen molar-refractivity contribution in [1.29, 1.82) is 0 Å². The molecule has 3 aromatic rings. The highest BCUT2D eigenvalue weighted by molar-refractivity contribution is 7.89. The van der Waals surface area contributed by atoms with E-state index in [0.717, 1.165) is 22.5 Å². The van der Waals surface area contributed by atoms with Gasteiger partial charge in [-0.3, -0.25) is 4.40 Å². The Morgan fingerprint density at radius 1 is 1.21 bits per heavy atom. The van der Waals surface area contributed by atoms with Crippen molar-refractivity contribution in [3.63, 3.8) is 0 Å². The molecule has 0 spiro atoms. The second kappa shape index (κ2) is 7.40. The van der Waals surface area contributed by atoms with Crippen LogP contribution in [0.3, 0.4) is 0 Å². The fourth-order valence-electron chi connectivity index (χ4n) is 3.86. The molecule has 1 fully saturated rings. The summed E-state index contributed by atoms with van der Waals surface area (Å²) in [6.07, 6.45) is 5.69. The van der Waals surface area contributed by atoms with Gasteiger partial charge in [-0.05, 0) is 57.2 Å². The molecule has 2 heterocycles. The lowest BCUT2D eigenvalue weighted by molar-refractivity contribution is 0.120. The Labute approximate surface area is 169 Å². The number of aliphatic hydroxyl groups is 1. The SMILES string of the molecule is Cc1cn2c(-c3cc(S(=O)(=O)N[C@H]4CC[C@H](O)CC4)ccc3C)cnc2c(N)n1. The number of aryl methyl sites for hydroxylation is 2. The summed E-state index contributed by atoms with van der Waals surface area (Å²) in [5.41, 5.74) is 9.72. The first-order valence-electron chi connectivity index (χ1n) is 9.66. The first kappa shape index (κ1) is 19.8. The van der Waals surface area contributed by atoms with E-state index < -0.39 is 10.0 Å². The molecule has 9 heteroatoms. The van der Waals surface area contributed by atoms with Crippen LogP contribution in [0.1, 0.15) is 36.9 Å². The summed E-state index contributed by atoms with van der Waals surface area (Å²) in [7, 11) is -3.68. The van der Waals surface area contributed by atoms with E-state index in [4.69, 9.17) is 5.73 Å². The van der Waals surface area contributed by atoms with Crippen molar-refractivity contribution < 1.29 is 13.5 Å². The Morgan fingerprint density at radius 2 is 1.93 bits per heavy atom. The van der Waals surface area contributed by atoms with E-state index >= 15 is 0 Å². The maximum Gasteiger partial charge on any atom is 0.240 e. The summed E-state index contributed by atoms with van der Waals surface area (Å²) in [5, 5.41) is 9.64. The van der Waals surface area contributed by atoms with Crippen LogP contribution in [0, 0.1) is 13.8 Å². The van der Waals surface area contributed by atoms with Gasteiger partial charge in [0.05, 0.1) is 28.6 Å². The third-order valence-electron chi connectivity index (χ3n) is 5.45. The van der Waals surface area contributed by atoms with Crippen LogP contribution in [0.15, 0.2) is 35.5 Å². The highest BCUT2D eigenvalue weighted by Gasteiger charge is 2.25. The Bertz CT molecular complexity index is 1160. The zero-order valence-electron chi connectivity index (χ0n) is 16.5. The molecule has 0 unspecified atom stereocenters. The number of fused-ring (bicyclic) bond motifs is 1. The number of imidazole rings is 1. The van der Waals surface area contributed by atoms with Gasteiger partial charge in [-0.15, -0.1) is 0 Å². The molecule has 154 valence electrons. The number of hydrogen-bond donors (Lipinski definition) is 3. The fourth-order valence-corrected chi connectivity index (χ4v) is 5.19. The largest absolute Gasteiger partial charge is 0.393 e. The summed E-state index contributed by atoms with van der Waals surface area (Å²) < 4.78 is 30.5. The molecule has 1 saturated carbocycles. The van der Waals surface area contributed by atoms with Gasteiger partial charge in [-0.25, -0.2) is 23.1 Å². The van der Waals surface area contributed by atoms with Crippen molar-refractivity contribution in [2.45, 2.75) is 56.6 Å². The normalized spacial score (nSPS) is 20.2. The standard InChI is InChI=1S/C20H25N5O3S/c1-12-3-8-16(29(27,28)24-14-4-6-15(26)7-5-14)9-17(12)18-10-22-20-19(21)23-13(2)11-25(18)20/h3,8-11,14-15,24,26H,4-7H2,1-2H3,(H2,21,23)/t14-,15-. The smallest absolute Gasteiger partial charge is 0.240 e. The van der Waals surface area contributed by atoms with Crippen LogP contribution in [-0.2, 0) is 10.0 Å². The molecule has 29 heavy (non-hydrogen) atoms. The quantitative estimate of drug-likeness (QED) is 0.600. The molecular weight excluding hydrogens is 390 g/mol. The van der Waals surface area contributed by atoms with E-state index in [0.29, 0.717) is 37.1 Å². The second-order valence-electron chi connectivity index (χ2n) is 7.71. The van der Waals surface area contributed by atoms with Crippen LogP contribution < -0.4 is 10.5 Å². The van der Waals surface area contributed by atoms with E-state index in [1.807, 2.05) is 24.4 Å². The molecule has 4 rings (SSSR count). The topological polar surface area (TPSA) is 123 Å². The van der Waals surface area contributed by atoms with Gasteiger partial charge in [0, 0.05) is 17.8 Å². The zero-order valence-corrected chi connectivity index (χ0v) is 17.3. The monoisotopic (exact) mass is 415 g/mol. The fraction of sp³-hybridized carbons (Fsp3) is 0.400. The molecule has 0 atom stereocenters. The van der Waals surface area contributed by atoms with Crippen LogP contribution in [0.5, 0.6) is 0 Å². The van der Waals surface area contributed by atoms with Gasteiger partial charge in [0.25, 0.3) is 0 Å². The molecule has 0 amide bonds. The second-order valence-corrected chi connectivity index (χ2v) is 9.42. The van der Waals surface area contributed by atoms with Crippen molar-refractivity contribution >= 4 is 21.5 Å². The van der Waals surface area contributed by atoms with Crippen LogP contribution in [0.2, 0.25) is 0 Å². The maximum absolute atomic E-state index is 13.0. The average molecular weight is 416 g/mol. The number of sulfonamides is 1. The number of nitrogens with zero attached hydrogens (tertiary/aromatic N) is 3. The van der Waals surface area contributed by atoms with E-state index in [1.54, 1.807) is 24.4 Å². The lowest BCUT2D eigenvalue weighted by atomic mass is 9.94. The molecule has 0 saturated heterocycles. The highest BCUT2D eigenvalue weighted by atomic mass is 32.2. The minimum Gasteiger partial charge on any atom is -0.393 e. The Morgan fingerprint density at radius 3 is 2.66 bits per heavy atom. The Kier molecular flexibility index (Phi) is 5.05. The molecule has 4 N–H and O–H groups in total. The zero-order chi connectivity index (χ0) is 20.8. The first-order valence-corrected chi connectivity index (χ1v) is 11.1. The number of benzene rings is 1. The van der Waals surface area contributed by atoms with Crippen molar-refractivity contribution in [3.8, 4) is 11.3 Å². The molecule has 8 nitrogen and oxygen atoms in total. The molecule has 0 radical (unpaired) electrons. The van der Waals surface area contributed by atoms with Crippen LogP contribution >= 0.6 is 0 Å². The minimum atomic E-state index is -3.68. The summed E-state index contributed by atoms with van der Waals surface area (Å²) in [5.74, 6) is 0.332. The Balaban J connectivity index is 1.72. The number of aromatic nitrogens is 3. The van der Waals surface area contributed by atoms with Gasteiger partial charge >= 0.3 is 0 Å². The highest BCUT2D eigenvalue weighted by Crippen LogP contribution is 2.29. The third kappa shape index (κ3) is 3.85. The van der Waals surface area contributed by atoms with Gasteiger partial charge in [0.2, 0.25) is 10.0 Å². The number of nitrogens with two attached hydrogens (primary N) is 1. The number of hydrogen-bond acceptors (Lipinski definition) is 6. The van der Waals surface area contributed by atoms with Gasteiger partial charge in [0.1, 0.15) is 0 Å². The average Bonchev–Trinajstić information content (AvgIpc) is 3.07. The number of nitrogen functional groups attached to an aromatic ring is 1. The lowest BCUT2D eigenvalue weighted by Crippen LogP contribution is -2.38. The van der Waals surface area contributed by atoms with Gasteiger partial charge in [-0.1, -0.05) is 6.07 Å². The molecule has 1 aliphatic carbocycles. The molecule has 0 aliphatic heterocycles. The van der Waals surface area contributed by atoms with Crippen molar-refractivity contribution in [1.82, 2.24) is 19.1 Å². The first-order chi connectivity index (χ1) is 13.7. The number of rotatable bonds is 4. The minimum absolute atomic E-state index is 0.155. The van der Waals surface area contributed by atoms with E-state index in [9.17, 15) is 13.5 Å². The van der Waals surface area contributed by atoms with E-state index in [2.05, 4.69) is 14.7 Å². The predicted octanol–water partition coefficient (Wildman–Crippen LogP) is 2.18. The van der Waals surface area contributed by atoms with Crippen molar-refractivity contribution in [3.05, 3.63) is 41.9 Å². The summed E-state index contributed by atoms with van der Waals surface area (Å²) in [4.78, 5) is 8.79. The number of aliphatic hydroxyl groups excluding tert-OH is 1. The van der Waals surface area contributed by atoms with Crippen LogP contribution in [0.4, 0.5) is 5.82 Å². The molecule has 1 aromatic carbocycles. The maximum atomic E-state index is 13.0. The Hall–Kier alpha value is -2.49. The van der Waals surface area contributed by atoms with Crippen molar-refractivity contribution in [2.24, 2.45) is 0 Å². The number of anilines is 1. The van der Waals surface area contributed by atoms with Crippen LogP contribution in [-0.4, -0.2) is 40.0 Å². The summed E-state index contributed by atoms with van der Waals surface area (Å²) >= 11 is 0. The van der Waals surface area contributed by atoms with Gasteiger partial charge < -0.3 is 10.8 Å². The van der Waals surface area contributed by atoms with E-state index in [-0.39, 0.29) is 17.0 Å². The molecule has 0 bridgehead atoms. The predicted molar refractivity (Wildman–Crippen MR) is 111 cm³/mol. The molecule has 2 aromatic heterocycles. The van der Waals surface area contributed by atoms with Gasteiger partial charge in [0.15, 0.2) is 11.5 Å². The van der Waals surface area contributed by atoms with Crippen LogP contribution in [0.25, 0.3) is 16.9 Å². The molecular formula is C20H25N5O3S. The summed E-state index contributed by atoms with van der Waals surface area (Å²) in [6.45, 7) is 3.77. The van der Waals surface area contributed by atoms with Gasteiger partial charge in [-0.2, -0.15) is 0 Å². The lowest BCUT2D eigenvalue weighted by Gasteiger charge is -2.26.